The molecule has 0 radical (unpaired) electrons. The van der Waals surface area contributed by atoms with Crippen LogP contribution in [-0.2, 0) is 4.79 Å². The molecule has 0 unspecified atom stereocenters. The number of H-pyrrole nitrogens is 1. The molecule has 1 saturated heterocycles. The zero-order chi connectivity index (χ0) is 24.1. The summed E-state index contributed by atoms with van der Waals surface area (Å²) in [5, 5.41) is 8.35. The SMILES string of the molecule is CNCC(=O)N1CCN(c2nc3c(C(C)C)c(-c4cn5ncnc5c(C)c4C)[nH]c3s2)[C@H](C)C1. The van der Waals surface area contributed by atoms with Crippen molar-refractivity contribution >= 4 is 38.4 Å². The zero-order valence-electron chi connectivity index (χ0n) is 20.6. The molecule has 34 heavy (non-hydrogen) atoms. The fourth-order valence-corrected chi connectivity index (χ4v) is 6.07. The fourth-order valence-electron chi connectivity index (χ4n) is 4.96. The Kier molecular flexibility index (Phi) is 5.81. The average molecular weight is 481 g/mol. The van der Waals surface area contributed by atoms with Crippen LogP contribution in [0.5, 0.6) is 0 Å². The van der Waals surface area contributed by atoms with E-state index >= 15 is 0 Å². The van der Waals surface area contributed by atoms with Gasteiger partial charge in [0.1, 0.15) is 16.7 Å². The van der Waals surface area contributed by atoms with Crippen LogP contribution < -0.4 is 10.2 Å². The minimum Gasteiger partial charge on any atom is -0.344 e. The molecule has 1 aliphatic rings. The van der Waals surface area contributed by atoms with Crippen LogP contribution in [0.1, 0.15) is 43.4 Å². The predicted molar refractivity (Wildman–Crippen MR) is 137 cm³/mol. The van der Waals surface area contributed by atoms with E-state index in [1.54, 1.807) is 17.7 Å². The fraction of sp³-hybridized carbons (Fsp3) is 0.500. The first-order valence-electron chi connectivity index (χ1n) is 11.8. The number of carbonyl (C=O) groups is 1. The van der Waals surface area contributed by atoms with Gasteiger partial charge in [0.05, 0.1) is 12.2 Å². The highest BCUT2D eigenvalue weighted by atomic mass is 32.1. The Morgan fingerprint density at radius 1 is 1.29 bits per heavy atom. The van der Waals surface area contributed by atoms with E-state index in [4.69, 9.17) is 4.98 Å². The van der Waals surface area contributed by atoms with E-state index in [2.05, 4.69) is 66.1 Å². The van der Waals surface area contributed by atoms with Crippen LogP contribution in [0.2, 0.25) is 0 Å². The summed E-state index contributed by atoms with van der Waals surface area (Å²) in [7, 11) is 1.81. The minimum atomic E-state index is 0.155. The standard InChI is InChI=1S/C24H32N8OS/c1-13(2)19-20(17-11-32-22(26-12-27-32)16(5)15(17)4)28-23-21(19)29-24(34-23)31-8-7-30(10-14(31)3)18(33)9-25-6/h11-14,25,28H,7-10H2,1-6H3/t14-/m1/s1. The van der Waals surface area contributed by atoms with E-state index in [0.29, 0.717) is 19.0 Å². The molecule has 0 bridgehead atoms. The van der Waals surface area contributed by atoms with Crippen LogP contribution in [0.15, 0.2) is 12.5 Å². The number of aromatic nitrogens is 5. The summed E-state index contributed by atoms with van der Waals surface area (Å²) in [4.78, 5) is 30.9. The Morgan fingerprint density at radius 3 is 2.79 bits per heavy atom. The van der Waals surface area contributed by atoms with Gasteiger partial charge in [-0.05, 0) is 44.9 Å². The first-order chi connectivity index (χ1) is 16.3. The smallest absolute Gasteiger partial charge is 0.236 e. The molecular weight excluding hydrogens is 448 g/mol. The lowest BCUT2D eigenvalue weighted by Crippen LogP contribution is -2.55. The van der Waals surface area contributed by atoms with Crippen LogP contribution in [0.25, 0.3) is 27.3 Å². The van der Waals surface area contributed by atoms with Crippen LogP contribution in [0.4, 0.5) is 5.13 Å². The number of anilines is 1. The van der Waals surface area contributed by atoms with Gasteiger partial charge in [0.15, 0.2) is 10.8 Å². The second-order valence-corrected chi connectivity index (χ2v) is 10.5. The van der Waals surface area contributed by atoms with Crippen molar-refractivity contribution in [2.75, 3.05) is 38.1 Å². The van der Waals surface area contributed by atoms with Crippen molar-refractivity contribution in [2.45, 2.75) is 46.6 Å². The Labute approximate surface area is 203 Å². The number of carbonyl (C=O) groups excluding carboxylic acids is 1. The maximum absolute atomic E-state index is 12.3. The topological polar surface area (TPSA) is 94.5 Å². The summed E-state index contributed by atoms with van der Waals surface area (Å²) in [5.41, 5.74) is 7.75. The van der Waals surface area contributed by atoms with E-state index in [-0.39, 0.29) is 11.9 Å². The number of hydrogen-bond donors (Lipinski definition) is 2. The van der Waals surface area contributed by atoms with Gasteiger partial charge in [0.25, 0.3) is 0 Å². The van der Waals surface area contributed by atoms with Gasteiger partial charge in [0, 0.05) is 43.0 Å². The van der Waals surface area contributed by atoms with Crippen molar-refractivity contribution in [3.8, 4) is 11.3 Å². The number of amides is 1. The van der Waals surface area contributed by atoms with Crippen LogP contribution in [0.3, 0.4) is 0 Å². The molecule has 4 aromatic heterocycles. The van der Waals surface area contributed by atoms with E-state index in [0.717, 1.165) is 51.0 Å². The lowest BCUT2D eigenvalue weighted by atomic mass is 9.96. The number of likely N-dealkylation sites (N-methyl/N-ethyl adjacent to an activating group) is 1. The number of piperazine rings is 1. The summed E-state index contributed by atoms with van der Waals surface area (Å²) in [6, 6.07) is 0.214. The van der Waals surface area contributed by atoms with Gasteiger partial charge < -0.3 is 20.1 Å². The number of nitrogens with zero attached hydrogens (tertiary/aromatic N) is 6. The predicted octanol–water partition coefficient (Wildman–Crippen LogP) is 3.33. The summed E-state index contributed by atoms with van der Waals surface area (Å²) < 4.78 is 1.85. The molecule has 1 atom stereocenters. The third kappa shape index (κ3) is 3.65. The van der Waals surface area contributed by atoms with Crippen molar-refractivity contribution in [1.29, 1.82) is 0 Å². The lowest BCUT2D eigenvalue weighted by Gasteiger charge is -2.39. The van der Waals surface area contributed by atoms with Gasteiger partial charge in [-0.3, -0.25) is 4.79 Å². The number of nitrogens with one attached hydrogen (secondary N) is 2. The summed E-state index contributed by atoms with van der Waals surface area (Å²) in [5.74, 6) is 0.459. The molecule has 5 rings (SSSR count). The highest BCUT2D eigenvalue weighted by Crippen LogP contribution is 2.41. The number of rotatable bonds is 5. The van der Waals surface area contributed by atoms with Crippen molar-refractivity contribution in [3.63, 3.8) is 0 Å². The highest BCUT2D eigenvalue weighted by molar-refractivity contribution is 7.21. The number of fused-ring (bicyclic) bond motifs is 2. The van der Waals surface area contributed by atoms with Crippen molar-refractivity contribution in [3.05, 3.63) is 29.2 Å². The van der Waals surface area contributed by atoms with Gasteiger partial charge in [-0.1, -0.05) is 25.2 Å². The Balaban J connectivity index is 1.52. The number of aryl methyl sites for hydroxylation is 1. The monoisotopic (exact) mass is 480 g/mol. The van der Waals surface area contributed by atoms with E-state index < -0.39 is 0 Å². The number of pyridine rings is 1. The van der Waals surface area contributed by atoms with Crippen LogP contribution in [0, 0.1) is 13.8 Å². The first-order valence-corrected chi connectivity index (χ1v) is 12.6. The molecular formula is C24H32N8OS. The summed E-state index contributed by atoms with van der Waals surface area (Å²) >= 11 is 1.70. The number of thiazole rings is 1. The maximum atomic E-state index is 12.3. The van der Waals surface area contributed by atoms with Gasteiger partial charge >= 0.3 is 0 Å². The third-order valence-electron chi connectivity index (χ3n) is 6.91. The Bertz CT molecular complexity index is 1370. The van der Waals surface area contributed by atoms with Crippen LogP contribution >= 0.6 is 11.3 Å². The molecule has 2 N–H and O–H groups in total. The molecule has 180 valence electrons. The second-order valence-electron chi connectivity index (χ2n) is 9.48. The van der Waals surface area contributed by atoms with Crippen molar-refractivity contribution in [1.82, 2.24) is 34.8 Å². The molecule has 1 aliphatic heterocycles. The molecule has 0 spiro atoms. The summed E-state index contributed by atoms with van der Waals surface area (Å²) in [6.07, 6.45) is 3.67. The molecule has 0 saturated carbocycles. The molecule has 1 amide bonds. The molecule has 0 aliphatic carbocycles. The van der Waals surface area contributed by atoms with E-state index in [1.807, 2.05) is 16.5 Å². The van der Waals surface area contributed by atoms with E-state index in [1.165, 1.54) is 11.1 Å². The highest BCUT2D eigenvalue weighted by Gasteiger charge is 2.30. The quantitative estimate of drug-likeness (QED) is 0.455. The number of aromatic amines is 1. The second kappa shape index (κ2) is 8.66. The maximum Gasteiger partial charge on any atom is 0.236 e. The minimum absolute atomic E-state index is 0.155. The lowest BCUT2D eigenvalue weighted by molar-refractivity contribution is -0.130. The average Bonchev–Trinajstić information content (AvgIpc) is 3.50. The van der Waals surface area contributed by atoms with Gasteiger partial charge in [0.2, 0.25) is 5.91 Å². The summed E-state index contributed by atoms with van der Waals surface area (Å²) in [6.45, 7) is 13.5. The van der Waals surface area contributed by atoms with E-state index in [9.17, 15) is 4.79 Å². The molecule has 5 heterocycles. The normalized spacial score (nSPS) is 17.0. The number of hydrogen-bond acceptors (Lipinski definition) is 7. The van der Waals surface area contributed by atoms with Gasteiger partial charge in [-0.2, -0.15) is 5.10 Å². The Hall–Kier alpha value is -2.98. The largest absolute Gasteiger partial charge is 0.344 e. The molecule has 9 nitrogen and oxygen atoms in total. The van der Waals surface area contributed by atoms with Crippen molar-refractivity contribution in [2.24, 2.45) is 0 Å². The van der Waals surface area contributed by atoms with Gasteiger partial charge in [-0.15, -0.1) is 0 Å². The Morgan fingerprint density at radius 2 is 2.09 bits per heavy atom. The molecule has 4 aromatic rings. The molecule has 1 fully saturated rings. The first kappa shape index (κ1) is 22.8. The van der Waals surface area contributed by atoms with Crippen molar-refractivity contribution < 1.29 is 4.79 Å². The third-order valence-corrected chi connectivity index (χ3v) is 7.91. The van der Waals surface area contributed by atoms with Crippen LogP contribution in [-0.4, -0.2) is 74.6 Å². The molecule has 10 heteroatoms. The molecule has 0 aromatic carbocycles. The van der Waals surface area contributed by atoms with Gasteiger partial charge in [-0.25, -0.2) is 14.5 Å². The zero-order valence-corrected chi connectivity index (χ0v) is 21.5.